The minimum atomic E-state index is -0.638. The van der Waals surface area contributed by atoms with E-state index in [-0.39, 0.29) is 28.5 Å². The van der Waals surface area contributed by atoms with Gasteiger partial charge >= 0.3 is 5.91 Å². The van der Waals surface area contributed by atoms with Crippen molar-refractivity contribution in [3.63, 3.8) is 0 Å². The minimum absolute atomic E-state index is 0.0193. The first-order valence-electron chi connectivity index (χ1n) is 5.95. The van der Waals surface area contributed by atoms with Gasteiger partial charge in [0.1, 0.15) is 0 Å². The van der Waals surface area contributed by atoms with Gasteiger partial charge in [-0.2, -0.15) is 5.10 Å². The van der Waals surface area contributed by atoms with Crippen LogP contribution in [0.15, 0.2) is 40.0 Å². The molecular formula is C13H11N3O6. The van der Waals surface area contributed by atoms with Crippen LogP contribution in [0.1, 0.15) is 16.1 Å². The summed E-state index contributed by atoms with van der Waals surface area (Å²) in [6, 6.07) is 5.16. The number of hydrazone groups is 1. The zero-order valence-electron chi connectivity index (χ0n) is 11.3. The summed E-state index contributed by atoms with van der Waals surface area (Å²) in [5.74, 6) is -0.951. The third-order valence-corrected chi connectivity index (χ3v) is 2.63. The van der Waals surface area contributed by atoms with E-state index in [4.69, 9.17) is 9.15 Å². The molecule has 1 aromatic carbocycles. The Balaban J connectivity index is 2.21. The molecule has 1 amide bonds. The van der Waals surface area contributed by atoms with E-state index in [1.54, 1.807) is 0 Å². The van der Waals surface area contributed by atoms with E-state index < -0.39 is 10.8 Å². The number of carbonyl (C=O) groups excluding carboxylic acids is 1. The molecule has 0 radical (unpaired) electrons. The Labute approximate surface area is 124 Å². The fourth-order valence-corrected chi connectivity index (χ4v) is 1.60. The highest BCUT2D eigenvalue weighted by molar-refractivity contribution is 5.93. The average Bonchev–Trinajstić information content (AvgIpc) is 3.03. The molecule has 0 aliphatic heterocycles. The van der Waals surface area contributed by atoms with Gasteiger partial charge in [-0.05, 0) is 12.1 Å². The first-order valence-corrected chi connectivity index (χ1v) is 5.95. The van der Waals surface area contributed by atoms with Crippen LogP contribution in [0.3, 0.4) is 0 Å². The number of non-ortho nitro benzene ring substituents is 1. The monoisotopic (exact) mass is 305 g/mol. The van der Waals surface area contributed by atoms with Gasteiger partial charge in [-0.15, -0.1) is 0 Å². The summed E-state index contributed by atoms with van der Waals surface area (Å²) in [5, 5.41) is 24.3. The number of ether oxygens (including phenoxy) is 1. The number of carbonyl (C=O) groups is 1. The molecule has 0 fully saturated rings. The molecule has 0 saturated heterocycles. The van der Waals surface area contributed by atoms with Crippen molar-refractivity contribution in [3.05, 3.63) is 52.0 Å². The first-order chi connectivity index (χ1) is 10.5. The molecule has 0 spiro atoms. The molecule has 2 aromatic rings. The topological polar surface area (TPSA) is 127 Å². The van der Waals surface area contributed by atoms with Gasteiger partial charge in [-0.25, -0.2) is 5.43 Å². The molecule has 9 nitrogen and oxygen atoms in total. The summed E-state index contributed by atoms with van der Waals surface area (Å²) in [5.41, 5.74) is 1.90. The summed E-state index contributed by atoms with van der Waals surface area (Å²) in [4.78, 5) is 21.7. The van der Waals surface area contributed by atoms with Crippen molar-refractivity contribution in [1.82, 2.24) is 5.43 Å². The van der Waals surface area contributed by atoms with Crippen LogP contribution in [-0.4, -0.2) is 29.3 Å². The van der Waals surface area contributed by atoms with E-state index in [0.29, 0.717) is 0 Å². The van der Waals surface area contributed by atoms with Gasteiger partial charge in [0.25, 0.3) is 5.69 Å². The standard InChI is InChI=1S/C13H11N3O6/c1-21-11-6-9(16(19)20)5-8(12(11)17)7-14-15-13(18)10-3-2-4-22-10/h2-7,17H,1H3,(H,15,18). The summed E-state index contributed by atoms with van der Waals surface area (Å²) in [6.45, 7) is 0. The molecule has 0 unspecified atom stereocenters. The van der Waals surface area contributed by atoms with Crippen LogP contribution >= 0.6 is 0 Å². The van der Waals surface area contributed by atoms with Gasteiger partial charge in [0.2, 0.25) is 0 Å². The van der Waals surface area contributed by atoms with E-state index >= 15 is 0 Å². The van der Waals surface area contributed by atoms with Crippen molar-refractivity contribution in [2.75, 3.05) is 7.11 Å². The quantitative estimate of drug-likeness (QED) is 0.491. The number of benzene rings is 1. The van der Waals surface area contributed by atoms with Gasteiger partial charge in [0.15, 0.2) is 17.3 Å². The molecule has 1 heterocycles. The molecular weight excluding hydrogens is 294 g/mol. The Kier molecular flexibility index (Phi) is 4.37. The van der Waals surface area contributed by atoms with Crippen molar-refractivity contribution in [1.29, 1.82) is 0 Å². The van der Waals surface area contributed by atoms with E-state index in [9.17, 15) is 20.0 Å². The number of furan rings is 1. The number of amides is 1. The predicted molar refractivity (Wildman–Crippen MR) is 75.1 cm³/mol. The second-order valence-electron chi connectivity index (χ2n) is 4.02. The molecule has 0 atom stereocenters. The average molecular weight is 305 g/mol. The van der Waals surface area contributed by atoms with Crippen molar-refractivity contribution in [2.24, 2.45) is 5.10 Å². The summed E-state index contributed by atoms with van der Waals surface area (Å²) < 4.78 is 9.71. The highest BCUT2D eigenvalue weighted by Gasteiger charge is 2.16. The largest absolute Gasteiger partial charge is 0.504 e. The summed E-state index contributed by atoms with van der Waals surface area (Å²) in [6.07, 6.45) is 2.39. The molecule has 1 aromatic heterocycles. The van der Waals surface area contributed by atoms with E-state index in [1.165, 1.54) is 25.5 Å². The van der Waals surface area contributed by atoms with E-state index in [0.717, 1.165) is 18.3 Å². The maximum absolute atomic E-state index is 11.6. The van der Waals surface area contributed by atoms with E-state index in [2.05, 4.69) is 10.5 Å². The van der Waals surface area contributed by atoms with Gasteiger partial charge in [0, 0.05) is 11.6 Å². The van der Waals surface area contributed by atoms with Crippen LogP contribution < -0.4 is 10.2 Å². The number of phenols is 1. The summed E-state index contributed by atoms with van der Waals surface area (Å²) >= 11 is 0. The number of hydrogen-bond donors (Lipinski definition) is 2. The zero-order chi connectivity index (χ0) is 16.1. The summed E-state index contributed by atoms with van der Waals surface area (Å²) in [7, 11) is 1.26. The van der Waals surface area contributed by atoms with Crippen molar-refractivity contribution in [3.8, 4) is 11.5 Å². The Hall–Kier alpha value is -3.36. The number of nitrogens with one attached hydrogen (secondary N) is 1. The number of phenolic OH excluding ortho intramolecular Hbond substituents is 1. The predicted octanol–water partition coefficient (Wildman–Crippen LogP) is 1.67. The van der Waals surface area contributed by atoms with Crippen molar-refractivity contribution < 1.29 is 24.0 Å². The number of nitro benzene ring substituents is 1. The Bertz CT molecular complexity index is 724. The number of rotatable bonds is 5. The molecule has 114 valence electrons. The van der Waals surface area contributed by atoms with Crippen LogP contribution in [0, 0.1) is 10.1 Å². The van der Waals surface area contributed by atoms with Crippen LogP contribution in [0.2, 0.25) is 0 Å². The Morgan fingerprint density at radius 1 is 1.55 bits per heavy atom. The van der Waals surface area contributed by atoms with Gasteiger partial charge in [-0.1, -0.05) is 0 Å². The Morgan fingerprint density at radius 3 is 2.91 bits per heavy atom. The number of nitrogens with zero attached hydrogens (tertiary/aromatic N) is 2. The third-order valence-electron chi connectivity index (χ3n) is 2.63. The smallest absolute Gasteiger partial charge is 0.307 e. The number of nitro groups is 1. The molecule has 9 heteroatoms. The first kappa shape index (κ1) is 15.0. The number of aromatic hydroxyl groups is 1. The minimum Gasteiger partial charge on any atom is -0.504 e. The molecule has 0 aliphatic carbocycles. The molecule has 0 bridgehead atoms. The highest BCUT2D eigenvalue weighted by Crippen LogP contribution is 2.33. The number of methoxy groups -OCH3 is 1. The maximum Gasteiger partial charge on any atom is 0.307 e. The zero-order valence-corrected chi connectivity index (χ0v) is 11.3. The van der Waals surface area contributed by atoms with Gasteiger partial charge in [0.05, 0.1) is 30.6 Å². The van der Waals surface area contributed by atoms with Crippen LogP contribution in [0.4, 0.5) is 5.69 Å². The normalized spacial score (nSPS) is 10.6. The van der Waals surface area contributed by atoms with Crippen molar-refractivity contribution >= 4 is 17.8 Å². The van der Waals surface area contributed by atoms with Gasteiger partial charge < -0.3 is 14.3 Å². The van der Waals surface area contributed by atoms with Crippen molar-refractivity contribution in [2.45, 2.75) is 0 Å². The fourth-order valence-electron chi connectivity index (χ4n) is 1.60. The second kappa shape index (κ2) is 6.39. The lowest BCUT2D eigenvalue weighted by molar-refractivity contribution is -0.385. The van der Waals surface area contributed by atoms with Crippen LogP contribution in [-0.2, 0) is 0 Å². The third kappa shape index (κ3) is 3.20. The van der Waals surface area contributed by atoms with Crippen LogP contribution in [0.25, 0.3) is 0 Å². The van der Waals surface area contributed by atoms with Gasteiger partial charge in [-0.3, -0.25) is 14.9 Å². The lowest BCUT2D eigenvalue weighted by atomic mass is 10.2. The fraction of sp³-hybridized carbons (Fsp3) is 0.0769. The SMILES string of the molecule is COc1cc([N+](=O)[O-])cc(C=NNC(=O)c2ccco2)c1O. The second-order valence-corrected chi connectivity index (χ2v) is 4.02. The maximum atomic E-state index is 11.6. The number of hydrogen-bond acceptors (Lipinski definition) is 7. The molecule has 2 rings (SSSR count). The molecule has 0 aliphatic rings. The van der Waals surface area contributed by atoms with E-state index in [1.807, 2.05) is 0 Å². The molecule has 2 N–H and O–H groups in total. The highest BCUT2D eigenvalue weighted by atomic mass is 16.6. The lowest BCUT2D eigenvalue weighted by Crippen LogP contribution is -2.16. The van der Waals surface area contributed by atoms with Crippen LogP contribution in [0.5, 0.6) is 11.5 Å². The molecule has 22 heavy (non-hydrogen) atoms. The lowest BCUT2D eigenvalue weighted by Gasteiger charge is -2.05. The molecule has 0 saturated carbocycles. The Morgan fingerprint density at radius 2 is 2.32 bits per heavy atom.